The van der Waals surface area contributed by atoms with Crippen molar-refractivity contribution in [3.05, 3.63) is 45.8 Å². The number of aryl methyl sites for hydroxylation is 2. The van der Waals surface area contributed by atoms with Crippen molar-refractivity contribution in [2.75, 3.05) is 5.32 Å². The lowest BCUT2D eigenvalue weighted by Crippen LogP contribution is -2.22. The molecule has 0 unspecified atom stereocenters. The minimum absolute atomic E-state index is 0.159. The van der Waals surface area contributed by atoms with Crippen LogP contribution >= 0.6 is 0 Å². The van der Waals surface area contributed by atoms with E-state index in [9.17, 15) is 9.59 Å². The molecule has 20 heavy (non-hydrogen) atoms. The molecule has 2 aromatic rings. The van der Waals surface area contributed by atoms with Crippen LogP contribution in [0.3, 0.4) is 0 Å². The van der Waals surface area contributed by atoms with E-state index >= 15 is 0 Å². The Kier molecular flexibility index (Phi) is 4.02. The van der Waals surface area contributed by atoms with Crippen molar-refractivity contribution in [1.29, 1.82) is 0 Å². The fourth-order valence-corrected chi connectivity index (χ4v) is 1.97. The van der Waals surface area contributed by atoms with Crippen LogP contribution in [0.15, 0.2) is 23.1 Å². The Morgan fingerprint density at radius 3 is 2.75 bits per heavy atom. The summed E-state index contributed by atoms with van der Waals surface area (Å²) in [4.78, 5) is 30.3. The van der Waals surface area contributed by atoms with Crippen molar-refractivity contribution in [2.24, 2.45) is 0 Å². The Hall–Kier alpha value is -2.37. The summed E-state index contributed by atoms with van der Waals surface area (Å²) in [6.07, 6.45) is 1.88. The SMILES string of the molecule is Cc1ccnc(NC(=O)CCn2c(C)c(C)[nH]c2=O)c1. The highest BCUT2D eigenvalue weighted by atomic mass is 16.2. The van der Waals surface area contributed by atoms with Gasteiger partial charge in [-0.05, 0) is 38.5 Å². The number of imidazole rings is 1. The molecule has 0 aliphatic carbocycles. The van der Waals surface area contributed by atoms with Gasteiger partial charge in [-0.25, -0.2) is 9.78 Å². The van der Waals surface area contributed by atoms with Gasteiger partial charge in [0.05, 0.1) is 0 Å². The van der Waals surface area contributed by atoms with Crippen LogP contribution in [0.2, 0.25) is 0 Å². The summed E-state index contributed by atoms with van der Waals surface area (Å²) in [6.45, 7) is 5.98. The Bertz CT molecular complexity index is 685. The highest BCUT2D eigenvalue weighted by Gasteiger charge is 2.09. The third-order valence-electron chi connectivity index (χ3n) is 3.23. The topological polar surface area (TPSA) is 79.8 Å². The van der Waals surface area contributed by atoms with Gasteiger partial charge >= 0.3 is 5.69 Å². The Morgan fingerprint density at radius 1 is 1.40 bits per heavy atom. The maximum absolute atomic E-state index is 11.8. The summed E-state index contributed by atoms with van der Waals surface area (Å²) < 4.78 is 1.57. The van der Waals surface area contributed by atoms with Gasteiger partial charge in [0.2, 0.25) is 5.91 Å². The van der Waals surface area contributed by atoms with E-state index in [4.69, 9.17) is 0 Å². The van der Waals surface area contributed by atoms with Gasteiger partial charge in [0.25, 0.3) is 0 Å². The van der Waals surface area contributed by atoms with Crippen molar-refractivity contribution >= 4 is 11.7 Å². The summed E-state index contributed by atoms with van der Waals surface area (Å²) in [5.41, 5.74) is 2.54. The fourth-order valence-electron chi connectivity index (χ4n) is 1.97. The van der Waals surface area contributed by atoms with Crippen LogP contribution in [0.5, 0.6) is 0 Å². The number of H-pyrrole nitrogens is 1. The van der Waals surface area contributed by atoms with E-state index in [0.29, 0.717) is 12.4 Å². The average Bonchev–Trinajstić information content (AvgIpc) is 2.61. The van der Waals surface area contributed by atoms with Crippen LogP contribution in [0, 0.1) is 20.8 Å². The lowest BCUT2D eigenvalue weighted by molar-refractivity contribution is -0.116. The molecule has 0 aliphatic heterocycles. The molecule has 0 fully saturated rings. The summed E-state index contributed by atoms with van der Waals surface area (Å²) >= 11 is 0. The van der Waals surface area contributed by atoms with Gasteiger partial charge in [0, 0.05) is 30.6 Å². The number of rotatable bonds is 4. The van der Waals surface area contributed by atoms with Gasteiger partial charge in [-0.3, -0.25) is 9.36 Å². The number of aromatic nitrogens is 3. The molecule has 106 valence electrons. The van der Waals surface area contributed by atoms with Crippen LogP contribution in [-0.2, 0) is 11.3 Å². The zero-order valence-corrected chi connectivity index (χ0v) is 11.9. The molecule has 2 rings (SSSR count). The number of pyridine rings is 1. The van der Waals surface area contributed by atoms with E-state index < -0.39 is 0 Å². The number of carbonyl (C=O) groups excluding carboxylic acids is 1. The first-order valence-corrected chi connectivity index (χ1v) is 6.46. The van der Waals surface area contributed by atoms with Crippen molar-refractivity contribution < 1.29 is 4.79 Å². The van der Waals surface area contributed by atoms with Crippen molar-refractivity contribution in [3.8, 4) is 0 Å². The highest BCUT2D eigenvalue weighted by molar-refractivity contribution is 5.89. The second-order valence-electron chi connectivity index (χ2n) is 4.81. The average molecular weight is 274 g/mol. The predicted molar refractivity (Wildman–Crippen MR) is 76.7 cm³/mol. The van der Waals surface area contributed by atoms with Crippen molar-refractivity contribution in [3.63, 3.8) is 0 Å². The molecule has 0 aliphatic rings. The summed E-state index contributed by atoms with van der Waals surface area (Å²) in [7, 11) is 0. The quantitative estimate of drug-likeness (QED) is 0.887. The standard InChI is InChI=1S/C14H18N4O2/c1-9-4-6-15-12(8-9)17-13(19)5-7-18-11(3)10(2)16-14(18)20/h4,6,8H,5,7H2,1-3H3,(H,16,20)(H,15,17,19). The van der Waals surface area contributed by atoms with E-state index in [1.54, 1.807) is 16.8 Å². The summed E-state index contributed by atoms with van der Waals surface area (Å²) in [5.74, 6) is 0.373. The molecule has 0 spiro atoms. The molecule has 0 bridgehead atoms. The number of carbonyl (C=O) groups is 1. The first-order valence-electron chi connectivity index (χ1n) is 6.46. The molecule has 2 heterocycles. The van der Waals surface area contributed by atoms with Crippen LogP contribution in [0.25, 0.3) is 0 Å². The molecule has 0 radical (unpaired) electrons. The Balaban J connectivity index is 1.97. The predicted octanol–water partition coefficient (Wildman–Crippen LogP) is 1.53. The maximum Gasteiger partial charge on any atom is 0.325 e. The van der Waals surface area contributed by atoms with Crippen LogP contribution < -0.4 is 11.0 Å². The van der Waals surface area contributed by atoms with Gasteiger partial charge in [-0.1, -0.05) is 0 Å². The van der Waals surface area contributed by atoms with E-state index in [2.05, 4.69) is 15.3 Å². The van der Waals surface area contributed by atoms with Crippen LogP contribution in [-0.4, -0.2) is 20.4 Å². The van der Waals surface area contributed by atoms with Gasteiger partial charge in [-0.2, -0.15) is 0 Å². The molecule has 0 saturated heterocycles. The first kappa shape index (κ1) is 14.0. The molecule has 0 atom stereocenters. The maximum atomic E-state index is 11.8. The monoisotopic (exact) mass is 274 g/mol. The smallest absolute Gasteiger partial charge is 0.311 e. The highest BCUT2D eigenvalue weighted by Crippen LogP contribution is 2.06. The van der Waals surface area contributed by atoms with E-state index in [-0.39, 0.29) is 18.0 Å². The molecule has 1 amide bonds. The number of hydrogen-bond donors (Lipinski definition) is 2. The third-order valence-corrected chi connectivity index (χ3v) is 3.23. The minimum Gasteiger partial charge on any atom is -0.311 e. The van der Waals surface area contributed by atoms with Crippen molar-refractivity contribution in [2.45, 2.75) is 33.7 Å². The molecular formula is C14H18N4O2. The van der Waals surface area contributed by atoms with Gasteiger partial charge in [0.1, 0.15) is 5.82 Å². The number of amides is 1. The molecule has 2 aromatic heterocycles. The molecule has 6 heteroatoms. The van der Waals surface area contributed by atoms with Gasteiger partial charge < -0.3 is 10.3 Å². The molecular weight excluding hydrogens is 256 g/mol. The molecule has 0 saturated carbocycles. The van der Waals surface area contributed by atoms with Crippen LogP contribution in [0.1, 0.15) is 23.4 Å². The van der Waals surface area contributed by atoms with Gasteiger partial charge in [0.15, 0.2) is 0 Å². The third kappa shape index (κ3) is 3.14. The van der Waals surface area contributed by atoms with E-state index in [0.717, 1.165) is 17.0 Å². The van der Waals surface area contributed by atoms with Gasteiger partial charge in [-0.15, -0.1) is 0 Å². The molecule has 6 nitrogen and oxygen atoms in total. The number of aromatic amines is 1. The van der Waals surface area contributed by atoms with Crippen LogP contribution in [0.4, 0.5) is 5.82 Å². The fraction of sp³-hybridized carbons (Fsp3) is 0.357. The molecule has 2 N–H and O–H groups in total. The van der Waals surface area contributed by atoms with E-state index in [1.165, 1.54) is 0 Å². The largest absolute Gasteiger partial charge is 0.325 e. The Morgan fingerprint density at radius 2 is 2.15 bits per heavy atom. The van der Waals surface area contributed by atoms with E-state index in [1.807, 2.05) is 26.8 Å². The summed E-state index contributed by atoms with van der Waals surface area (Å²) in [5, 5.41) is 2.72. The zero-order valence-electron chi connectivity index (χ0n) is 11.9. The molecule has 0 aromatic carbocycles. The number of anilines is 1. The summed E-state index contributed by atoms with van der Waals surface area (Å²) in [6, 6.07) is 3.66. The zero-order chi connectivity index (χ0) is 14.7. The lowest BCUT2D eigenvalue weighted by Gasteiger charge is -2.06. The second kappa shape index (κ2) is 5.73. The minimum atomic E-state index is -0.179. The number of nitrogens with one attached hydrogen (secondary N) is 2. The first-order chi connectivity index (χ1) is 9.47. The lowest BCUT2D eigenvalue weighted by atomic mass is 10.3. The second-order valence-corrected chi connectivity index (χ2v) is 4.81. The number of hydrogen-bond acceptors (Lipinski definition) is 3. The normalized spacial score (nSPS) is 10.6. The van der Waals surface area contributed by atoms with Crippen molar-refractivity contribution in [1.82, 2.24) is 14.5 Å². The Labute approximate surface area is 116 Å². The number of nitrogens with zero attached hydrogens (tertiary/aromatic N) is 2.